The summed E-state index contributed by atoms with van der Waals surface area (Å²) in [6.07, 6.45) is -2.73. The van der Waals surface area contributed by atoms with Crippen molar-refractivity contribution in [3.8, 4) is 0 Å². The van der Waals surface area contributed by atoms with Gasteiger partial charge in [0.15, 0.2) is 0 Å². The zero-order valence-electron chi connectivity index (χ0n) is 15.6. The van der Waals surface area contributed by atoms with Crippen LogP contribution in [0.25, 0.3) is 6.08 Å². The lowest BCUT2D eigenvalue weighted by Crippen LogP contribution is -2.43. The lowest BCUT2D eigenvalue weighted by atomic mass is 9.97. The summed E-state index contributed by atoms with van der Waals surface area (Å²) in [5, 5.41) is 12.7. The van der Waals surface area contributed by atoms with Crippen LogP contribution in [0, 0.1) is 0 Å². The summed E-state index contributed by atoms with van der Waals surface area (Å²) >= 11 is 3.35. The minimum Gasteiger partial charge on any atom is -0.387 e. The van der Waals surface area contributed by atoms with E-state index in [1.165, 1.54) is 23.1 Å². The van der Waals surface area contributed by atoms with Crippen molar-refractivity contribution in [2.45, 2.75) is 18.8 Å². The van der Waals surface area contributed by atoms with E-state index in [1.807, 2.05) is 18.2 Å². The van der Waals surface area contributed by atoms with Gasteiger partial charge < -0.3 is 15.3 Å². The van der Waals surface area contributed by atoms with Crippen molar-refractivity contribution in [1.82, 2.24) is 10.2 Å². The number of nitrogens with zero attached hydrogens (tertiary/aromatic N) is 1. The fourth-order valence-electron chi connectivity index (χ4n) is 3.08. The number of halogens is 4. The Morgan fingerprint density at radius 1 is 1.20 bits per heavy atom. The molecule has 0 spiro atoms. The molecule has 158 valence electrons. The van der Waals surface area contributed by atoms with E-state index >= 15 is 0 Å². The number of β-amino-alcohol motifs (C(OH)–C–C–N with tert-alkyl or cyclic N) is 1. The molecule has 0 radical (unpaired) electrons. The lowest BCUT2D eigenvalue weighted by molar-refractivity contribution is -0.137. The first-order valence-electron chi connectivity index (χ1n) is 9.01. The van der Waals surface area contributed by atoms with Crippen molar-refractivity contribution < 1.29 is 27.9 Å². The molecule has 1 heterocycles. The van der Waals surface area contributed by atoms with E-state index in [-0.39, 0.29) is 19.0 Å². The highest BCUT2D eigenvalue weighted by Gasteiger charge is 2.30. The zero-order valence-corrected chi connectivity index (χ0v) is 17.2. The molecule has 1 unspecified atom stereocenters. The van der Waals surface area contributed by atoms with E-state index in [0.717, 1.165) is 33.8 Å². The summed E-state index contributed by atoms with van der Waals surface area (Å²) in [5.41, 5.74) is 1.24. The minimum atomic E-state index is -4.42. The van der Waals surface area contributed by atoms with Crippen LogP contribution in [0.3, 0.4) is 0 Å². The maximum atomic E-state index is 12.6. The predicted octanol–water partition coefficient (Wildman–Crippen LogP) is 3.67. The van der Waals surface area contributed by atoms with E-state index in [0.29, 0.717) is 12.1 Å². The molecular weight excluding hydrogens is 465 g/mol. The monoisotopic (exact) mass is 482 g/mol. The summed E-state index contributed by atoms with van der Waals surface area (Å²) in [4.78, 5) is 25.8. The van der Waals surface area contributed by atoms with Gasteiger partial charge in [-0.3, -0.25) is 9.59 Å². The number of aliphatic hydroxyl groups is 1. The highest BCUT2D eigenvalue weighted by atomic mass is 79.9. The van der Waals surface area contributed by atoms with E-state index in [9.17, 15) is 27.9 Å². The lowest BCUT2D eigenvalue weighted by Gasteiger charge is -2.32. The fourth-order valence-corrected chi connectivity index (χ4v) is 3.45. The van der Waals surface area contributed by atoms with Crippen molar-refractivity contribution in [2.75, 3.05) is 13.1 Å². The molecule has 0 saturated heterocycles. The Bertz CT molecular complexity index is 974. The molecule has 3 rings (SSSR count). The van der Waals surface area contributed by atoms with Crippen molar-refractivity contribution in [1.29, 1.82) is 0 Å². The summed E-state index contributed by atoms with van der Waals surface area (Å²) in [6, 6.07) is 9.83. The Kier molecular flexibility index (Phi) is 6.62. The van der Waals surface area contributed by atoms with Gasteiger partial charge in [-0.1, -0.05) is 34.1 Å². The van der Waals surface area contributed by atoms with Gasteiger partial charge in [-0.25, -0.2) is 0 Å². The van der Waals surface area contributed by atoms with Gasteiger partial charge in [-0.05, 0) is 47.0 Å². The number of nitrogens with one attached hydrogen (secondary N) is 1. The van der Waals surface area contributed by atoms with Crippen LogP contribution in [0.2, 0.25) is 0 Å². The Hall–Kier alpha value is -2.65. The van der Waals surface area contributed by atoms with Crippen molar-refractivity contribution in [3.63, 3.8) is 0 Å². The van der Waals surface area contributed by atoms with Crippen LogP contribution in [-0.4, -0.2) is 34.9 Å². The molecule has 0 saturated carbocycles. The van der Waals surface area contributed by atoms with E-state index in [4.69, 9.17) is 0 Å². The average Bonchev–Trinajstić information content (AvgIpc) is 2.70. The van der Waals surface area contributed by atoms with E-state index in [1.54, 1.807) is 0 Å². The molecule has 2 aromatic rings. The highest BCUT2D eigenvalue weighted by molar-refractivity contribution is 9.10. The Morgan fingerprint density at radius 2 is 1.90 bits per heavy atom. The topological polar surface area (TPSA) is 69.6 Å². The average molecular weight is 483 g/mol. The molecule has 2 aromatic carbocycles. The second-order valence-corrected chi connectivity index (χ2v) is 7.72. The molecule has 1 aliphatic heterocycles. The predicted molar refractivity (Wildman–Crippen MR) is 108 cm³/mol. The number of carbonyl (C=O) groups is 2. The van der Waals surface area contributed by atoms with Crippen LogP contribution in [-0.2, 0) is 22.3 Å². The molecule has 30 heavy (non-hydrogen) atoms. The summed E-state index contributed by atoms with van der Waals surface area (Å²) in [5.74, 6) is -0.899. The van der Waals surface area contributed by atoms with Gasteiger partial charge in [-0.2, -0.15) is 13.2 Å². The molecule has 0 aliphatic carbocycles. The zero-order chi connectivity index (χ0) is 21.9. The molecule has 0 bridgehead atoms. The van der Waals surface area contributed by atoms with Gasteiger partial charge in [0.2, 0.25) is 11.8 Å². The van der Waals surface area contributed by atoms with Crippen molar-refractivity contribution >= 4 is 33.8 Å². The van der Waals surface area contributed by atoms with Crippen molar-refractivity contribution in [3.05, 3.63) is 75.3 Å². The number of hydrogen-bond donors (Lipinski definition) is 2. The van der Waals surface area contributed by atoms with Crippen LogP contribution < -0.4 is 5.32 Å². The van der Waals surface area contributed by atoms with Crippen molar-refractivity contribution in [2.24, 2.45) is 0 Å². The Labute approximate surface area is 179 Å². The number of hydrogen-bond acceptors (Lipinski definition) is 3. The second-order valence-electron chi connectivity index (χ2n) is 6.80. The van der Waals surface area contributed by atoms with Crippen LogP contribution in [0.15, 0.2) is 53.0 Å². The van der Waals surface area contributed by atoms with Gasteiger partial charge in [-0.15, -0.1) is 0 Å². The molecule has 5 nitrogen and oxygen atoms in total. The first-order valence-corrected chi connectivity index (χ1v) is 9.80. The summed E-state index contributed by atoms with van der Waals surface area (Å²) in [7, 11) is 0. The third-order valence-corrected chi connectivity index (χ3v) is 5.15. The molecule has 0 fully saturated rings. The molecular formula is C21H18BrF3N2O3. The molecule has 2 amide bonds. The van der Waals surface area contributed by atoms with Gasteiger partial charge in [0.25, 0.3) is 0 Å². The first kappa shape index (κ1) is 22.0. The molecule has 1 aliphatic rings. The summed E-state index contributed by atoms with van der Waals surface area (Å²) in [6.45, 7) is 0.198. The smallest absolute Gasteiger partial charge is 0.387 e. The molecule has 2 N–H and O–H groups in total. The van der Waals surface area contributed by atoms with Gasteiger partial charge in [0, 0.05) is 17.1 Å². The second kappa shape index (κ2) is 9.01. The largest absolute Gasteiger partial charge is 0.416 e. The molecule has 1 atom stereocenters. The molecule has 0 aromatic heterocycles. The third-order valence-electron chi connectivity index (χ3n) is 4.65. The number of rotatable bonds is 4. The van der Waals surface area contributed by atoms with Gasteiger partial charge in [0.05, 0.1) is 24.8 Å². The van der Waals surface area contributed by atoms with Crippen LogP contribution in [0.5, 0.6) is 0 Å². The third kappa shape index (κ3) is 5.48. The Balaban J connectivity index is 1.53. The quantitative estimate of drug-likeness (QED) is 0.653. The SMILES string of the molecule is O=C(/C=C/c1ccc(C(F)(F)F)cc1)NCC(=O)N1Cc2ccc(Br)cc2C(O)C1. The van der Waals surface area contributed by atoms with Gasteiger partial charge >= 0.3 is 6.18 Å². The normalized spacial score (nSPS) is 16.4. The van der Waals surface area contributed by atoms with Crippen LogP contribution >= 0.6 is 15.9 Å². The van der Waals surface area contributed by atoms with E-state index in [2.05, 4.69) is 21.2 Å². The highest BCUT2D eigenvalue weighted by Crippen LogP contribution is 2.30. The first-order chi connectivity index (χ1) is 14.1. The molecule has 9 heteroatoms. The number of amides is 2. The Morgan fingerprint density at radius 3 is 2.57 bits per heavy atom. The number of fused-ring (bicyclic) bond motifs is 1. The van der Waals surface area contributed by atoms with Gasteiger partial charge in [0.1, 0.15) is 0 Å². The summed E-state index contributed by atoms with van der Waals surface area (Å²) < 4.78 is 38.5. The maximum absolute atomic E-state index is 12.6. The standard InChI is InChI=1S/C21H18BrF3N2O3/c22-16-7-4-14-11-27(12-18(28)17(14)9-16)20(30)10-26-19(29)8-3-13-1-5-15(6-2-13)21(23,24)25/h1-9,18,28H,10-12H2,(H,26,29)/b8-3+. The number of benzene rings is 2. The van der Waals surface area contributed by atoms with Crippen LogP contribution in [0.1, 0.15) is 28.4 Å². The minimum absolute atomic E-state index is 0.125. The number of carbonyl (C=O) groups excluding carboxylic acids is 2. The number of aliphatic hydroxyl groups excluding tert-OH is 1. The maximum Gasteiger partial charge on any atom is 0.416 e. The fraction of sp³-hybridized carbons (Fsp3) is 0.238. The van der Waals surface area contributed by atoms with Crippen LogP contribution in [0.4, 0.5) is 13.2 Å². The van der Waals surface area contributed by atoms with E-state index < -0.39 is 23.8 Å². The number of alkyl halides is 3.